The van der Waals surface area contributed by atoms with Crippen LogP contribution in [0.1, 0.15) is 22.8 Å². The summed E-state index contributed by atoms with van der Waals surface area (Å²) < 4.78 is 0. The van der Waals surface area contributed by atoms with Gasteiger partial charge in [-0.25, -0.2) is 4.79 Å². The monoisotopic (exact) mass is 280 g/mol. The summed E-state index contributed by atoms with van der Waals surface area (Å²) in [5, 5.41) is 3.71. The van der Waals surface area contributed by atoms with E-state index >= 15 is 0 Å². The second kappa shape index (κ2) is 7.09. The summed E-state index contributed by atoms with van der Waals surface area (Å²) in [5.41, 5.74) is 1.77. The number of rotatable bonds is 5. The summed E-state index contributed by atoms with van der Waals surface area (Å²) >= 11 is 0. The highest BCUT2D eigenvalue weighted by atomic mass is 32.2. The first-order chi connectivity index (χ1) is 8.91. The molecule has 0 aliphatic rings. The maximum absolute atomic E-state index is 12.4. The number of ketones is 1. The molecule has 0 bridgehead atoms. The van der Waals surface area contributed by atoms with Gasteiger partial charge in [0.1, 0.15) is 0 Å². The van der Waals surface area contributed by atoms with Gasteiger partial charge in [0, 0.05) is 12.5 Å². The molecule has 0 radical (unpaired) electrons. The molecular formula is C14H18NO3S+. The van der Waals surface area contributed by atoms with Crippen LogP contribution in [0.3, 0.4) is 0 Å². The predicted molar refractivity (Wildman–Crippen MR) is 78.8 cm³/mol. The van der Waals surface area contributed by atoms with E-state index < -0.39 is 5.97 Å². The van der Waals surface area contributed by atoms with Gasteiger partial charge in [-0.2, -0.15) is 0 Å². The number of benzene rings is 1. The Kier molecular flexibility index (Phi) is 5.76. The van der Waals surface area contributed by atoms with E-state index in [9.17, 15) is 9.59 Å². The van der Waals surface area contributed by atoms with Crippen molar-refractivity contribution in [2.75, 3.05) is 18.3 Å². The lowest BCUT2D eigenvalue weighted by molar-refractivity contribution is -0.140. The molecule has 0 atom stereocenters. The van der Waals surface area contributed by atoms with Crippen LogP contribution in [0.5, 0.6) is 0 Å². The molecule has 0 amide bonds. The lowest BCUT2D eigenvalue weighted by Gasteiger charge is -2.06. The number of aryl methyl sites for hydroxylation is 1. The van der Waals surface area contributed by atoms with Gasteiger partial charge in [0.05, 0.1) is 12.5 Å². The van der Waals surface area contributed by atoms with E-state index in [0.717, 1.165) is 5.56 Å². The van der Waals surface area contributed by atoms with Gasteiger partial charge in [0.15, 0.2) is 11.5 Å². The van der Waals surface area contributed by atoms with E-state index in [2.05, 4.69) is 9.99 Å². The summed E-state index contributed by atoms with van der Waals surface area (Å²) in [4.78, 5) is 27.8. The van der Waals surface area contributed by atoms with Gasteiger partial charge in [-0.3, -0.25) is 4.79 Å². The number of hydrogen-bond acceptors (Lipinski definition) is 4. The van der Waals surface area contributed by atoms with Crippen molar-refractivity contribution in [2.45, 2.75) is 13.8 Å². The van der Waals surface area contributed by atoms with Crippen LogP contribution in [-0.4, -0.2) is 35.7 Å². The molecule has 0 fully saturated rings. The molecule has 19 heavy (non-hydrogen) atoms. The van der Waals surface area contributed by atoms with E-state index in [1.165, 1.54) is 6.92 Å². The molecule has 0 N–H and O–H groups in total. The Bertz CT molecular complexity index is 509. The summed E-state index contributed by atoms with van der Waals surface area (Å²) in [6.07, 6.45) is 4.02. The molecule has 0 heterocycles. The molecule has 0 aliphatic heterocycles. The summed E-state index contributed by atoms with van der Waals surface area (Å²) in [7, 11) is -0.00424. The SMILES string of the molecule is CC(=O)ON=C(C[S+](C)C)C(=O)c1ccccc1C. The summed E-state index contributed by atoms with van der Waals surface area (Å²) in [6.45, 7) is 3.13. The molecule has 102 valence electrons. The molecule has 4 nitrogen and oxygen atoms in total. The Morgan fingerprint density at radius 2 is 1.89 bits per heavy atom. The van der Waals surface area contributed by atoms with Gasteiger partial charge < -0.3 is 4.84 Å². The lowest BCUT2D eigenvalue weighted by atomic mass is 10.0. The van der Waals surface area contributed by atoms with Crippen molar-refractivity contribution in [1.82, 2.24) is 0 Å². The third-order valence-corrected chi connectivity index (χ3v) is 3.21. The van der Waals surface area contributed by atoms with Crippen molar-refractivity contribution in [3.63, 3.8) is 0 Å². The second-order valence-corrected chi connectivity index (χ2v) is 6.65. The number of nitrogens with zero attached hydrogens (tertiary/aromatic N) is 1. The zero-order chi connectivity index (χ0) is 14.4. The van der Waals surface area contributed by atoms with Gasteiger partial charge in [-0.05, 0) is 23.4 Å². The third kappa shape index (κ3) is 4.87. The zero-order valence-electron chi connectivity index (χ0n) is 11.6. The number of carbonyl (C=O) groups excluding carboxylic acids is 2. The van der Waals surface area contributed by atoms with Crippen LogP contribution in [0.2, 0.25) is 0 Å². The van der Waals surface area contributed by atoms with Gasteiger partial charge in [0.2, 0.25) is 5.78 Å². The molecule has 0 spiro atoms. The van der Waals surface area contributed by atoms with Gasteiger partial charge in [-0.15, -0.1) is 0 Å². The van der Waals surface area contributed by atoms with Crippen LogP contribution >= 0.6 is 0 Å². The molecule has 0 unspecified atom stereocenters. The third-order valence-electron chi connectivity index (χ3n) is 2.36. The molecule has 5 heteroatoms. The average molecular weight is 280 g/mol. The molecule has 0 saturated carbocycles. The van der Waals surface area contributed by atoms with Gasteiger partial charge >= 0.3 is 5.97 Å². The molecule has 1 aromatic rings. The van der Waals surface area contributed by atoms with Crippen molar-refractivity contribution in [3.05, 3.63) is 35.4 Å². The van der Waals surface area contributed by atoms with Crippen LogP contribution in [0.15, 0.2) is 29.4 Å². The van der Waals surface area contributed by atoms with E-state index in [4.69, 9.17) is 0 Å². The summed E-state index contributed by atoms with van der Waals surface area (Å²) in [6, 6.07) is 7.30. The average Bonchev–Trinajstić information content (AvgIpc) is 2.33. The molecule has 1 aromatic carbocycles. The van der Waals surface area contributed by atoms with E-state index in [-0.39, 0.29) is 22.4 Å². The Balaban J connectivity index is 3.04. The first-order valence-corrected chi connectivity index (χ1v) is 8.01. The fraction of sp³-hybridized carbons (Fsp3) is 0.357. The van der Waals surface area contributed by atoms with E-state index in [1.54, 1.807) is 12.1 Å². The maximum Gasteiger partial charge on any atom is 0.331 e. The number of oxime groups is 1. The Labute approximate surface area is 116 Å². The first kappa shape index (κ1) is 15.4. The second-order valence-electron chi connectivity index (χ2n) is 4.39. The minimum atomic E-state index is -0.526. The predicted octanol–water partition coefficient (Wildman–Crippen LogP) is 1.97. The summed E-state index contributed by atoms with van der Waals surface area (Å²) in [5.74, 6) is -0.205. The number of carbonyl (C=O) groups is 2. The van der Waals surface area contributed by atoms with E-state index in [1.807, 2.05) is 31.6 Å². The van der Waals surface area contributed by atoms with Gasteiger partial charge in [-0.1, -0.05) is 29.4 Å². The molecule has 0 aliphatic carbocycles. The zero-order valence-corrected chi connectivity index (χ0v) is 12.4. The largest absolute Gasteiger partial charge is 0.331 e. The first-order valence-electron chi connectivity index (χ1n) is 5.80. The van der Waals surface area contributed by atoms with E-state index in [0.29, 0.717) is 11.3 Å². The van der Waals surface area contributed by atoms with Crippen LogP contribution in [0.4, 0.5) is 0 Å². The fourth-order valence-corrected chi connectivity index (χ4v) is 2.24. The quantitative estimate of drug-likeness (QED) is 0.272. The highest BCUT2D eigenvalue weighted by molar-refractivity contribution is 7.96. The van der Waals surface area contributed by atoms with Crippen molar-refractivity contribution < 1.29 is 14.4 Å². The normalized spacial score (nSPS) is 11.5. The molecule has 0 aromatic heterocycles. The topological polar surface area (TPSA) is 55.7 Å². The Morgan fingerprint density at radius 1 is 1.26 bits per heavy atom. The van der Waals surface area contributed by atoms with Crippen molar-refractivity contribution >= 4 is 28.4 Å². The van der Waals surface area contributed by atoms with Crippen molar-refractivity contribution in [2.24, 2.45) is 5.16 Å². The fourth-order valence-electron chi connectivity index (χ4n) is 1.51. The standard InChI is InChI=1S/C14H18NO3S/c1-10-7-5-6-8-12(10)14(17)13(9-19(3)4)15-18-11(2)16/h5-8H,9H2,1-4H3/q+1. The van der Waals surface area contributed by atoms with Crippen LogP contribution in [0, 0.1) is 6.92 Å². The minimum Gasteiger partial charge on any atom is -0.318 e. The highest BCUT2D eigenvalue weighted by Gasteiger charge is 2.22. The van der Waals surface area contributed by atoms with Crippen LogP contribution in [0.25, 0.3) is 0 Å². The van der Waals surface area contributed by atoms with Crippen LogP contribution in [-0.2, 0) is 20.5 Å². The van der Waals surface area contributed by atoms with Crippen molar-refractivity contribution in [1.29, 1.82) is 0 Å². The van der Waals surface area contributed by atoms with Gasteiger partial charge in [0.25, 0.3) is 0 Å². The Hall–Kier alpha value is -1.62. The lowest BCUT2D eigenvalue weighted by Crippen LogP contribution is -2.24. The van der Waals surface area contributed by atoms with Crippen molar-refractivity contribution in [3.8, 4) is 0 Å². The highest BCUT2D eigenvalue weighted by Crippen LogP contribution is 2.10. The minimum absolute atomic E-state index is 0.00424. The maximum atomic E-state index is 12.4. The number of Topliss-reactive ketones (excluding diaryl/α,β-unsaturated/α-hetero) is 1. The Morgan fingerprint density at radius 3 is 2.42 bits per heavy atom. The smallest absolute Gasteiger partial charge is 0.318 e. The number of hydrogen-bond donors (Lipinski definition) is 0. The molecular weight excluding hydrogens is 262 g/mol. The molecule has 0 saturated heterocycles. The molecule has 1 rings (SSSR count). The van der Waals surface area contributed by atoms with Crippen LogP contribution < -0.4 is 0 Å².